The molecule has 1 aliphatic heterocycles. The summed E-state index contributed by atoms with van der Waals surface area (Å²) in [6.07, 6.45) is 0. The van der Waals surface area contributed by atoms with Gasteiger partial charge in [-0.05, 0) is 13.8 Å². The standard InChI is InChI=1S/C6H11NOS/c1-3-7-5(2)4-9-6(7)8/h5H,3-4H2,1-2H3. The third-order valence-electron chi connectivity index (χ3n) is 1.56. The van der Waals surface area contributed by atoms with E-state index in [1.54, 1.807) is 0 Å². The van der Waals surface area contributed by atoms with Crippen molar-refractivity contribution >= 4 is 17.0 Å². The van der Waals surface area contributed by atoms with E-state index in [2.05, 4.69) is 6.92 Å². The zero-order chi connectivity index (χ0) is 6.85. The number of amides is 1. The first kappa shape index (κ1) is 6.93. The Morgan fingerprint density at radius 2 is 2.56 bits per heavy atom. The maximum atomic E-state index is 10.9. The Morgan fingerprint density at radius 3 is 2.78 bits per heavy atom. The summed E-state index contributed by atoms with van der Waals surface area (Å²) in [6.45, 7) is 4.95. The Hall–Kier alpha value is -0.180. The molecule has 1 amide bonds. The number of nitrogens with zero attached hydrogens (tertiary/aromatic N) is 1. The summed E-state index contributed by atoms with van der Waals surface area (Å²) in [7, 11) is 0. The van der Waals surface area contributed by atoms with E-state index in [1.807, 2.05) is 11.8 Å². The molecule has 0 aromatic carbocycles. The fourth-order valence-electron chi connectivity index (χ4n) is 0.985. The Labute approximate surface area is 59.6 Å². The lowest BCUT2D eigenvalue weighted by atomic mass is 10.3. The summed E-state index contributed by atoms with van der Waals surface area (Å²) in [5.41, 5.74) is 0. The molecule has 3 heteroatoms. The van der Waals surface area contributed by atoms with Crippen LogP contribution < -0.4 is 0 Å². The molecule has 0 aromatic rings. The highest BCUT2D eigenvalue weighted by Gasteiger charge is 2.26. The molecule has 1 saturated heterocycles. The number of rotatable bonds is 1. The minimum Gasteiger partial charge on any atom is -0.330 e. The van der Waals surface area contributed by atoms with Crippen LogP contribution in [0.1, 0.15) is 13.8 Å². The van der Waals surface area contributed by atoms with Crippen molar-refractivity contribution in [2.75, 3.05) is 12.3 Å². The Kier molecular flexibility index (Phi) is 2.01. The quantitative estimate of drug-likeness (QED) is 0.558. The molecule has 1 fully saturated rings. The van der Waals surface area contributed by atoms with Crippen LogP contribution in [0.15, 0.2) is 0 Å². The average Bonchev–Trinajstić information content (AvgIpc) is 2.12. The summed E-state index contributed by atoms with van der Waals surface area (Å²) in [5, 5.41) is 0.241. The molecule has 0 spiro atoms. The summed E-state index contributed by atoms with van der Waals surface area (Å²) in [6, 6.07) is 0.451. The predicted molar refractivity (Wildman–Crippen MR) is 39.7 cm³/mol. The predicted octanol–water partition coefficient (Wildman–Crippen LogP) is 1.56. The molecule has 0 aliphatic carbocycles. The van der Waals surface area contributed by atoms with Gasteiger partial charge in [-0.25, -0.2) is 0 Å². The molecule has 1 heterocycles. The van der Waals surface area contributed by atoms with Gasteiger partial charge in [0.1, 0.15) is 0 Å². The van der Waals surface area contributed by atoms with E-state index in [9.17, 15) is 4.79 Å². The molecule has 0 radical (unpaired) electrons. The number of carbonyl (C=O) groups excluding carboxylic acids is 1. The fraction of sp³-hybridized carbons (Fsp3) is 0.833. The van der Waals surface area contributed by atoms with E-state index < -0.39 is 0 Å². The van der Waals surface area contributed by atoms with Crippen LogP contribution in [0.3, 0.4) is 0 Å². The first-order valence-electron chi connectivity index (χ1n) is 3.19. The molecule has 1 atom stereocenters. The second kappa shape index (κ2) is 2.60. The monoisotopic (exact) mass is 145 g/mol. The Balaban J connectivity index is 2.55. The van der Waals surface area contributed by atoms with E-state index in [0.717, 1.165) is 12.3 Å². The van der Waals surface area contributed by atoms with Crippen molar-refractivity contribution in [2.24, 2.45) is 0 Å². The van der Waals surface area contributed by atoms with Crippen molar-refractivity contribution in [3.63, 3.8) is 0 Å². The van der Waals surface area contributed by atoms with Crippen molar-refractivity contribution in [1.82, 2.24) is 4.90 Å². The second-order valence-corrected chi connectivity index (χ2v) is 3.18. The Bertz CT molecular complexity index is 126. The fourth-order valence-corrected chi connectivity index (χ4v) is 2.02. The first-order valence-corrected chi connectivity index (χ1v) is 4.17. The van der Waals surface area contributed by atoms with Crippen LogP contribution in [-0.4, -0.2) is 28.5 Å². The molecule has 9 heavy (non-hydrogen) atoms. The molecular weight excluding hydrogens is 134 g/mol. The lowest BCUT2D eigenvalue weighted by Gasteiger charge is -2.16. The van der Waals surface area contributed by atoms with Crippen LogP contribution in [0, 0.1) is 0 Å². The van der Waals surface area contributed by atoms with Gasteiger partial charge in [0.2, 0.25) is 0 Å². The molecular formula is C6H11NOS. The van der Waals surface area contributed by atoms with Gasteiger partial charge in [-0.15, -0.1) is 0 Å². The summed E-state index contributed by atoms with van der Waals surface area (Å²) >= 11 is 1.43. The van der Waals surface area contributed by atoms with Crippen LogP contribution in [0.5, 0.6) is 0 Å². The third kappa shape index (κ3) is 1.21. The number of carbonyl (C=O) groups is 1. The van der Waals surface area contributed by atoms with Crippen LogP contribution in [0.2, 0.25) is 0 Å². The van der Waals surface area contributed by atoms with Crippen LogP contribution in [0.4, 0.5) is 4.79 Å². The van der Waals surface area contributed by atoms with Gasteiger partial charge in [-0.1, -0.05) is 11.8 Å². The molecule has 52 valence electrons. The minimum absolute atomic E-state index is 0.241. The SMILES string of the molecule is CCN1C(=O)SCC1C. The zero-order valence-corrected chi connectivity index (χ0v) is 6.57. The maximum absolute atomic E-state index is 10.9. The van der Waals surface area contributed by atoms with Crippen LogP contribution in [-0.2, 0) is 0 Å². The van der Waals surface area contributed by atoms with E-state index in [1.165, 1.54) is 11.8 Å². The zero-order valence-electron chi connectivity index (χ0n) is 5.76. The molecule has 1 rings (SSSR count). The smallest absolute Gasteiger partial charge is 0.281 e. The van der Waals surface area contributed by atoms with Gasteiger partial charge < -0.3 is 4.90 Å². The number of thioether (sulfide) groups is 1. The summed E-state index contributed by atoms with van der Waals surface area (Å²) in [5.74, 6) is 0.965. The van der Waals surface area contributed by atoms with Crippen molar-refractivity contribution in [3.05, 3.63) is 0 Å². The number of hydrogen-bond donors (Lipinski definition) is 0. The van der Waals surface area contributed by atoms with Gasteiger partial charge in [0, 0.05) is 18.3 Å². The highest BCUT2D eigenvalue weighted by Crippen LogP contribution is 2.22. The normalized spacial score (nSPS) is 27.6. The lowest BCUT2D eigenvalue weighted by Crippen LogP contribution is -2.30. The van der Waals surface area contributed by atoms with Gasteiger partial charge >= 0.3 is 0 Å². The summed E-state index contributed by atoms with van der Waals surface area (Å²) in [4.78, 5) is 12.8. The van der Waals surface area contributed by atoms with Gasteiger partial charge in [-0.2, -0.15) is 0 Å². The lowest BCUT2D eigenvalue weighted by molar-refractivity contribution is 0.219. The van der Waals surface area contributed by atoms with Crippen LogP contribution in [0.25, 0.3) is 0 Å². The van der Waals surface area contributed by atoms with Crippen molar-refractivity contribution in [2.45, 2.75) is 19.9 Å². The van der Waals surface area contributed by atoms with Crippen molar-refractivity contribution < 1.29 is 4.79 Å². The molecule has 2 nitrogen and oxygen atoms in total. The van der Waals surface area contributed by atoms with E-state index in [0.29, 0.717) is 6.04 Å². The Morgan fingerprint density at radius 1 is 1.89 bits per heavy atom. The van der Waals surface area contributed by atoms with Crippen LogP contribution >= 0.6 is 11.8 Å². The van der Waals surface area contributed by atoms with Gasteiger partial charge in [0.25, 0.3) is 5.24 Å². The van der Waals surface area contributed by atoms with Gasteiger partial charge in [-0.3, -0.25) is 4.79 Å². The van der Waals surface area contributed by atoms with Gasteiger partial charge in [0.15, 0.2) is 0 Å². The number of hydrogen-bond acceptors (Lipinski definition) is 2. The molecule has 0 bridgehead atoms. The molecule has 1 unspecified atom stereocenters. The third-order valence-corrected chi connectivity index (χ3v) is 2.69. The minimum atomic E-state index is 0.241. The molecule has 1 aliphatic rings. The highest BCUT2D eigenvalue weighted by atomic mass is 32.2. The van der Waals surface area contributed by atoms with E-state index >= 15 is 0 Å². The van der Waals surface area contributed by atoms with Gasteiger partial charge in [0.05, 0.1) is 0 Å². The maximum Gasteiger partial charge on any atom is 0.281 e. The molecule has 0 aromatic heterocycles. The van der Waals surface area contributed by atoms with E-state index in [4.69, 9.17) is 0 Å². The van der Waals surface area contributed by atoms with Crippen molar-refractivity contribution in [1.29, 1.82) is 0 Å². The van der Waals surface area contributed by atoms with E-state index in [-0.39, 0.29) is 5.24 Å². The largest absolute Gasteiger partial charge is 0.330 e. The highest BCUT2D eigenvalue weighted by molar-refractivity contribution is 8.13. The first-order chi connectivity index (χ1) is 4.25. The molecule has 0 saturated carbocycles. The second-order valence-electron chi connectivity index (χ2n) is 2.21. The molecule has 0 N–H and O–H groups in total. The van der Waals surface area contributed by atoms with Crippen molar-refractivity contribution in [3.8, 4) is 0 Å². The average molecular weight is 145 g/mol. The summed E-state index contributed by atoms with van der Waals surface area (Å²) < 4.78 is 0. The topological polar surface area (TPSA) is 20.3 Å².